The Kier molecular flexibility index (Phi) is 4.10. The first-order valence-electron chi connectivity index (χ1n) is 4.66. The lowest BCUT2D eigenvalue weighted by Crippen LogP contribution is -2.21. The number of terminal acetylenes is 1. The summed E-state index contributed by atoms with van der Waals surface area (Å²) in [7, 11) is 0. The molecule has 0 aliphatic carbocycles. The number of hydrogen-bond donors (Lipinski definition) is 2. The van der Waals surface area contributed by atoms with Crippen molar-refractivity contribution in [3.63, 3.8) is 0 Å². The number of rotatable bonds is 4. The Morgan fingerprint density at radius 3 is 2.44 bits per heavy atom. The van der Waals surface area contributed by atoms with Gasteiger partial charge in [-0.2, -0.15) is 0 Å². The minimum Gasteiger partial charge on any atom is -0.478 e. The zero-order chi connectivity index (χ0) is 12.0. The quantitative estimate of drug-likeness (QED) is 0.740. The van der Waals surface area contributed by atoms with E-state index in [1.54, 1.807) is 12.1 Å². The fraction of sp³-hybridized carbons (Fsp3) is 0.167. The van der Waals surface area contributed by atoms with Gasteiger partial charge in [-0.25, -0.2) is 4.79 Å². The first kappa shape index (κ1) is 11.8. The van der Waals surface area contributed by atoms with E-state index in [2.05, 4.69) is 11.2 Å². The van der Waals surface area contributed by atoms with Gasteiger partial charge in [0.25, 0.3) is 0 Å². The van der Waals surface area contributed by atoms with Crippen molar-refractivity contribution < 1.29 is 14.7 Å². The van der Waals surface area contributed by atoms with E-state index in [4.69, 9.17) is 11.5 Å². The molecular formula is C12H11NO3. The number of nitrogens with one attached hydrogen (secondary N) is 1. The van der Waals surface area contributed by atoms with Crippen molar-refractivity contribution in [2.75, 3.05) is 0 Å². The van der Waals surface area contributed by atoms with E-state index in [1.807, 2.05) is 0 Å². The highest BCUT2D eigenvalue weighted by atomic mass is 16.4. The molecule has 0 bridgehead atoms. The van der Waals surface area contributed by atoms with Crippen molar-refractivity contribution in [1.29, 1.82) is 0 Å². The summed E-state index contributed by atoms with van der Waals surface area (Å²) in [5, 5.41) is 11.3. The average molecular weight is 217 g/mol. The van der Waals surface area contributed by atoms with Gasteiger partial charge in [-0.15, -0.1) is 6.42 Å². The van der Waals surface area contributed by atoms with Crippen LogP contribution in [-0.4, -0.2) is 17.0 Å². The van der Waals surface area contributed by atoms with Gasteiger partial charge in [-0.3, -0.25) is 4.79 Å². The van der Waals surface area contributed by atoms with Crippen LogP contribution in [0.25, 0.3) is 0 Å². The van der Waals surface area contributed by atoms with Gasteiger partial charge in [0.15, 0.2) is 0 Å². The van der Waals surface area contributed by atoms with Crippen LogP contribution in [0.4, 0.5) is 0 Å². The minimum atomic E-state index is -0.970. The molecule has 4 nitrogen and oxygen atoms in total. The molecular weight excluding hydrogens is 206 g/mol. The fourth-order valence-electron chi connectivity index (χ4n) is 1.12. The number of carbonyl (C=O) groups excluding carboxylic acids is 1. The Bertz CT molecular complexity index is 429. The number of carbonyl (C=O) groups is 2. The van der Waals surface area contributed by atoms with Crippen molar-refractivity contribution >= 4 is 11.9 Å². The maximum atomic E-state index is 11.0. The van der Waals surface area contributed by atoms with Crippen LogP contribution in [0, 0.1) is 12.3 Å². The largest absolute Gasteiger partial charge is 0.478 e. The van der Waals surface area contributed by atoms with E-state index >= 15 is 0 Å². The molecule has 0 saturated carbocycles. The highest BCUT2D eigenvalue weighted by Crippen LogP contribution is 2.04. The number of carboxylic acid groups (broad SMARTS) is 1. The van der Waals surface area contributed by atoms with E-state index in [0.29, 0.717) is 6.54 Å². The van der Waals surface area contributed by atoms with Crippen LogP contribution in [0.1, 0.15) is 22.3 Å². The van der Waals surface area contributed by atoms with E-state index in [0.717, 1.165) is 5.56 Å². The molecule has 1 amide bonds. The third-order valence-electron chi connectivity index (χ3n) is 1.95. The van der Waals surface area contributed by atoms with Crippen LogP contribution in [0.2, 0.25) is 0 Å². The number of carboxylic acids is 1. The minimum absolute atomic E-state index is 0.0488. The van der Waals surface area contributed by atoms with Crippen LogP contribution >= 0.6 is 0 Å². The van der Waals surface area contributed by atoms with Gasteiger partial charge in [0, 0.05) is 6.54 Å². The molecule has 0 aliphatic heterocycles. The molecule has 1 aromatic carbocycles. The Labute approximate surface area is 93.3 Å². The standard InChI is InChI=1S/C12H11NO3/c1-2-3-11(14)13-8-9-4-6-10(7-5-9)12(15)16/h1,4-7H,3,8H2,(H,13,14)(H,15,16). The number of hydrogen-bond acceptors (Lipinski definition) is 2. The lowest BCUT2D eigenvalue weighted by molar-refractivity contribution is -0.120. The monoisotopic (exact) mass is 217 g/mol. The van der Waals surface area contributed by atoms with Gasteiger partial charge in [0.1, 0.15) is 0 Å². The molecule has 2 N–H and O–H groups in total. The summed E-state index contributed by atoms with van der Waals surface area (Å²) in [6.07, 6.45) is 5.02. The second-order valence-corrected chi connectivity index (χ2v) is 3.16. The van der Waals surface area contributed by atoms with Gasteiger partial charge in [0.05, 0.1) is 12.0 Å². The third kappa shape index (κ3) is 3.46. The number of benzene rings is 1. The summed E-state index contributed by atoms with van der Waals surface area (Å²) < 4.78 is 0. The van der Waals surface area contributed by atoms with Crippen LogP contribution < -0.4 is 5.32 Å². The maximum Gasteiger partial charge on any atom is 0.335 e. The SMILES string of the molecule is C#CCC(=O)NCc1ccc(C(=O)O)cc1. The first-order chi connectivity index (χ1) is 7.63. The zero-order valence-electron chi connectivity index (χ0n) is 8.56. The molecule has 4 heteroatoms. The second-order valence-electron chi connectivity index (χ2n) is 3.16. The topological polar surface area (TPSA) is 66.4 Å². The molecule has 1 rings (SSSR count). The Hall–Kier alpha value is -2.28. The predicted octanol–water partition coefficient (Wildman–Crippen LogP) is 1.02. The lowest BCUT2D eigenvalue weighted by atomic mass is 10.1. The van der Waals surface area contributed by atoms with Gasteiger partial charge < -0.3 is 10.4 Å². The summed E-state index contributed by atoms with van der Waals surface area (Å²) in [6, 6.07) is 6.29. The van der Waals surface area contributed by atoms with Gasteiger partial charge in [0.2, 0.25) is 5.91 Å². The van der Waals surface area contributed by atoms with Crippen molar-refractivity contribution in [2.24, 2.45) is 0 Å². The molecule has 0 aromatic heterocycles. The van der Waals surface area contributed by atoms with Crippen LogP contribution in [-0.2, 0) is 11.3 Å². The Balaban J connectivity index is 2.53. The van der Waals surface area contributed by atoms with Crippen molar-refractivity contribution in [3.8, 4) is 12.3 Å². The summed E-state index contributed by atoms with van der Waals surface area (Å²) >= 11 is 0. The highest BCUT2D eigenvalue weighted by Gasteiger charge is 2.02. The predicted molar refractivity (Wildman–Crippen MR) is 58.7 cm³/mol. The van der Waals surface area contributed by atoms with Crippen molar-refractivity contribution in [2.45, 2.75) is 13.0 Å². The molecule has 1 aromatic rings. The van der Waals surface area contributed by atoms with E-state index < -0.39 is 5.97 Å². The summed E-state index contributed by atoms with van der Waals surface area (Å²) in [5.74, 6) is 1.05. The van der Waals surface area contributed by atoms with Crippen molar-refractivity contribution in [3.05, 3.63) is 35.4 Å². The molecule has 0 saturated heterocycles. The number of amides is 1. The fourth-order valence-corrected chi connectivity index (χ4v) is 1.12. The second kappa shape index (κ2) is 5.56. The Morgan fingerprint density at radius 1 is 1.31 bits per heavy atom. The average Bonchev–Trinajstić information content (AvgIpc) is 2.27. The summed E-state index contributed by atoms with van der Waals surface area (Å²) in [5.41, 5.74) is 1.05. The summed E-state index contributed by atoms with van der Waals surface area (Å²) in [4.78, 5) is 21.6. The molecule has 0 unspecified atom stereocenters. The number of aromatic carboxylic acids is 1. The van der Waals surface area contributed by atoms with Gasteiger partial charge in [-0.1, -0.05) is 18.1 Å². The van der Waals surface area contributed by atoms with Crippen LogP contribution in [0.15, 0.2) is 24.3 Å². The highest BCUT2D eigenvalue weighted by molar-refractivity contribution is 5.87. The lowest BCUT2D eigenvalue weighted by Gasteiger charge is -2.03. The Morgan fingerprint density at radius 2 is 1.94 bits per heavy atom. The van der Waals surface area contributed by atoms with Crippen molar-refractivity contribution in [1.82, 2.24) is 5.32 Å². The third-order valence-corrected chi connectivity index (χ3v) is 1.95. The molecule has 0 radical (unpaired) electrons. The van der Waals surface area contributed by atoms with Crippen LogP contribution in [0.3, 0.4) is 0 Å². The van der Waals surface area contributed by atoms with Gasteiger partial charge in [-0.05, 0) is 17.7 Å². The molecule has 16 heavy (non-hydrogen) atoms. The first-order valence-corrected chi connectivity index (χ1v) is 4.66. The van der Waals surface area contributed by atoms with Gasteiger partial charge >= 0.3 is 5.97 Å². The van der Waals surface area contributed by atoms with E-state index in [1.165, 1.54) is 12.1 Å². The molecule has 82 valence electrons. The van der Waals surface area contributed by atoms with E-state index in [-0.39, 0.29) is 17.9 Å². The molecule has 0 aliphatic rings. The molecule has 0 heterocycles. The summed E-state index contributed by atoms with van der Waals surface area (Å²) in [6.45, 7) is 0.348. The zero-order valence-corrected chi connectivity index (χ0v) is 8.56. The maximum absolute atomic E-state index is 11.0. The normalized spacial score (nSPS) is 9.19. The smallest absolute Gasteiger partial charge is 0.335 e. The molecule has 0 fully saturated rings. The van der Waals surface area contributed by atoms with E-state index in [9.17, 15) is 9.59 Å². The molecule has 0 spiro atoms. The van der Waals surface area contributed by atoms with Crippen LogP contribution in [0.5, 0.6) is 0 Å². The molecule has 0 atom stereocenters.